The Labute approximate surface area is 89.2 Å². The quantitative estimate of drug-likeness (QED) is 0.600. The molecule has 1 aliphatic rings. The van der Waals surface area contributed by atoms with Crippen LogP contribution in [0.4, 0.5) is 0 Å². The highest BCUT2D eigenvalue weighted by Gasteiger charge is 2.37. The van der Waals surface area contributed by atoms with Crippen molar-refractivity contribution in [1.29, 1.82) is 0 Å². The first-order valence-electron chi connectivity index (χ1n) is 6.34. The van der Waals surface area contributed by atoms with E-state index in [-0.39, 0.29) is 0 Å². The van der Waals surface area contributed by atoms with Crippen LogP contribution in [-0.2, 0) is 4.74 Å². The molecular formula is C13H26O. The van der Waals surface area contributed by atoms with Gasteiger partial charge in [-0.2, -0.15) is 0 Å². The molecule has 1 nitrogen and oxygen atoms in total. The van der Waals surface area contributed by atoms with Gasteiger partial charge in [-0.05, 0) is 18.8 Å². The zero-order chi connectivity index (χ0) is 10.4. The van der Waals surface area contributed by atoms with Gasteiger partial charge in [-0.3, -0.25) is 0 Å². The van der Waals surface area contributed by atoms with Crippen LogP contribution in [0.15, 0.2) is 0 Å². The van der Waals surface area contributed by atoms with Gasteiger partial charge in [0.2, 0.25) is 0 Å². The zero-order valence-corrected chi connectivity index (χ0v) is 10.1. The van der Waals surface area contributed by atoms with Gasteiger partial charge >= 0.3 is 0 Å². The van der Waals surface area contributed by atoms with E-state index in [1.54, 1.807) is 0 Å². The molecule has 1 aliphatic heterocycles. The highest BCUT2D eigenvalue weighted by molar-refractivity contribution is 4.86. The minimum absolute atomic E-state index is 0.564. The third-order valence-electron chi connectivity index (χ3n) is 3.83. The van der Waals surface area contributed by atoms with Crippen LogP contribution in [0.3, 0.4) is 0 Å². The minimum atomic E-state index is 0.564. The first-order valence-corrected chi connectivity index (χ1v) is 6.34. The standard InChI is InChI=1S/C13H26O/c1-4-7-8-12(5-2)9-13(6-3)10-14-11-13/h12H,4-11H2,1-3H3. The molecule has 0 aliphatic carbocycles. The Morgan fingerprint density at radius 3 is 2.29 bits per heavy atom. The Morgan fingerprint density at radius 1 is 1.21 bits per heavy atom. The van der Waals surface area contributed by atoms with E-state index >= 15 is 0 Å². The number of hydrogen-bond donors (Lipinski definition) is 0. The van der Waals surface area contributed by atoms with E-state index in [0.717, 1.165) is 19.1 Å². The molecule has 1 fully saturated rings. The summed E-state index contributed by atoms with van der Waals surface area (Å²) in [4.78, 5) is 0. The average Bonchev–Trinajstić information content (AvgIpc) is 2.16. The molecule has 14 heavy (non-hydrogen) atoms. The molecule has 1 heterocycles. The van der Waals surface area contributed by atoms with Gasteiger partial charge in [0.1, 0.15) is 0 Å². The molecule has 1 rings (SSSR count). The van der Waals surface area contributed by atoms with E-state index in [1.165, 1.54) is 38.5 Å². The summed E-state index contributed by atoms with van der Waals surface area (Å²) in [6.07, 6.45) is 8.22. The fourth-order valence-electron chi connectivity index (χ4n) is 2.41. The molecular weight excluding hydrogens is 172 g/mol. The summed E-state index contributed by atoms with van der Waals surface area (Å²) < 4.78 is 5.38. The number of hydrogen-bond acceptors (Lipinski definition) is 1. The number of rotatable bonds is 7. The maximum atomic E-state index is 5.38. The monoisotopic (exact) mass is 198 g/mol. The lowest BCUT2D eigenvalue weighted by Gasteiger charge is -2.43. The molecule has 0 aromatic carbocycles. The van der Waals surface area contributed by atoms with E-state index < -0.39 is 0 Å². The van der Waals surface area contributed by atoms with Crippen LogP contribution in [0.1, 0.15) is 59.3 Å². The fourth-order valence-corrected chi connectivity index (χ4v) is 2.41. The first-order chi connectivity index (χ1) is 6.76. The van der Waals surface area contributed by atoms with Crippen molar-refractivity contribution in [2.24, 2.45) is 11.3 Å². The van der Waals surface area contributed by atoms with Gasteiger partial charge in [0, 0.05) is 5.41 Å². The highest BCUT2D eigenvalue weighted by atomic mass is 16.5. The Hall–Kier alpha value is -0.0400. The van der Waals surface area contributed by atoms with Crippen LogP contribution in [0.25, 0.3) is 0 Å². The van der Waals surface area contributed by atoms with Crippen LogP contribution < -0.4 is 0 Å². The molecule has 0 N–H and O–H groups in total. The van der Waals surface area contributed by atoms with Gasteiger partial charge in [-0.1, -0.05) is 46.5 Å². The second kappa shape index (κ2) is 5.75. The minimum Gasteiger partial charge on any atom is -0.380 e. The zero-order valence-electron chi connectivity index (χ0n) is 10.1. The molecule has 1 atom stereocenters. The SMILES string of the molecule is CCCCC(CC)CC1(CC)COC1. The van der Waals surface area contributed by atoms with Crippen molar-refractivity contribution in [2.75, 3.05) is 13.2 Å². The summed E-state index contributed by atoms with van der Waals surface area (Å²) >= 11 is 0. The third-order valence-corrected chi connectivity index (χ3v) is 3.83. The van der Waals surface area contributed by atoms with Crippen molar-refractivity contribution in [1.82, 2.24) is 0 Å². The molecule has 84 valence electrons. The molecule has 0 aromatic heterocycles. The van der Waals surface area contributed by atoms with E-state index in [2.05, 4.69) is 20.8 Å². The van der Waals surface area contributed by atoms with Crippen molar-refractivity contribution < 1.29 is 4.74 Å². The van der Waals surface area contributed by atoms with Crippen molar-refractivity contribution in [2.45, 2.75) is 59.3 Å². The molecule has 1 heteroatoms. The van der Waals surface area contributed by atoms with Crippen molar-refractivity contribution >= 4 is 0 Å². The maximum Gasteiger partial charge on any atom is 0.0544 e. The molecule has 0 bridgehead atoms. The summed E-state index contributed by atoms with van der Waals surface area (Å²) in [5.41, 5.74) is 0.564. The fraction of sp³-hybridized carbons (Fsp3) is 1.00. The molecule has 0 aromatic rings. The molecule has 0 spiro atoms. The summed E-state index contributed by atoms with van der Waals surface area (Å²) in [5.74, 6) is 0.943. The highest BCUT2D eigenvalue weighted by Crippen LogP contribution is 2.39. The summed E-state index contributed by atoms with van der Waals surface area (Å²) in [6.45, 7) is 8.98. The number of ether oxygens (including phenoxy) is 1. The second-order valence-corrected chi connectivity index (χ2v) is 4.97. The molecule has 0 radical (unpaired) electrons. The smallest absolute Gasteiger partial charge is 0.0544 e. The molecule has 0 saturated carbocycles. The molecule has 1 unspecified atom stereocenters. The van der Waals surface area contributed by atoms with Gasteiger partial charge in [0.15, 0.2) is 0 Å². The lowest BCUT2D eigenvalue weighted by molar-refractivity contribution is -0.127. The molecule has 0 amide bonds. The summed E-state index contributed by atoms with van der Waals surface area (Å²) in [7, 11) is 0. The average molecular weight is 198 g/mol. The van der Waals surface area contributed by atoms with E-state index in [9.17, 15) is 0 Å². The van der Waals surface area contributed by atoms with E-state index in [4.69, 9.17) is 4.74 Å². The van der Waals surface area contributed by atoms with E-state index in [1.807, 2.05) is 0 Å². The maximum absolute atomic E-state index is 5.38. The summed E-state index contributed by atoms with van der Waals surface area (Å²) in [6, 6.07) is 0. The third kappa shape index (κ3) is 2.98. The topological polar surface area (TPSA) is 9.23 Å². The van der Waals surface area contributed by atoms with Crippen LogP contribution in [0, 0.1) is 11.3 Å². The predicted octanol–water partition coefficient (Wildman–Crippen LogP) is 4.02. The van der Waals surface area contributed by atoms with Gasteiger partial charge in [-0.15, -0.1) is 0 Å². The van der Waals surface area contributed by atoms with Crippen molar-refractivity contribution in [3.05, 3.63) is 0 Å². The van der Waals surface area contributed by atoms with Crippen LogP contribution in [0.2, 0.25) is 0 Å². The lowest BCUT2D eigenvalue weighted by atomic mass is 9.74. The summed E-state index contributed by atoms with van der Waals surface area (Å²) in [5, 5.41) is 0. The Bertz CT molecular complexity index is 144. The number of unbranched alkanes of at least 4 members (excludes halogenated alkanes) is 1. The Morgan fingerprint density at radius 2 is 1.93 bits per heavy atom. The van der Waals surface area contributed by atoms with Crippen molar-refractivity contribution in [3.8, 4) is 0 Å². The van der Waals surface area contributed by atoms with Crippen molar-refractivity contribution in [3.63, 3.8) is 0 Å². The Balaban J connectivity index is 2.30. The van der Waals surface area contributed by atoms with Crippen LogP contribution in [0.5, 0.6) is 0 Å². The largest absolute Gasteiger partial charge is 0.380 e. The van der Waals surface area contributed by atoms with Gasteiger partial charge in [0.05, 0.1) is 13.2 Å². The lowest BCUT2D eigenvalue weighted by Crippen LogP contribution is -2.43. The van der Waals surface area contributed by atoms with Crippen LogP contribution >= 0.6 is 0 Å². The van der Waals surface area contributed by atoms with Gasteiger partial charge in [0.25, 0.3) is 0 Å². The normalized spacial score (nSPS) is 21.6. The first kappa shape index (κ1) is 12.0. The molecule has 1 saturated heterocycles. The van der Waals surface area contributed by atoms with E-state index in [0.29, 0.717) is 5.41 Å². The second-order valence-electron chi connectivity index (χ2n) is 4.97. The van der Waals surface area contributed by atoms with Gasteiger partial charge < -0.3 is 4.74 Å². The van der Waals surface area contributed by atoms with Gasteiger partial charge in [-0.25, -0.2) is 0 Å². The Kier molecular flexibility index (Phi) is 4.94. The van der Waals surface area contributed by atoms with Crippen LogP contribution in [-0.4, -0.2) is 13.2 Å². The predicted molar refractivity (Wildman–Crippen MR) is 61.5 cm³/mol.